The summed E-state index contributed by atoms with van der Waals surface area (Å²) in [6, 6.07) is 9.85. The highest BCUT2D eigenvalue weighted by Crippen LogP contribution is 2.22. The minimum Gasteiger partial charge on any atom is -0.484 e. The Kier molecular flexibility index (Phi) is 5.68. The molecule has 0 N–H and O–H groups in total. The lowest BCUT2D eigenvalue weighted by molar-refractivity contribution is -0.134. The zero-order valence-corrected chi connectivity index (χ0v) is 15.0. The van der Waals surface area contributed by atoms with Crippen molar-refractivity contribution in [3.63, 3.8) is 0 Å². The molecular formula is C19H26N4O2. The van der Waals surface area contributed by atoms with Crippen molar-refractivity contribution in [1.82, 2.24) is 19.7 Å². The summed E-state index contributed by atoms with van der Waals surface area (Å²) in [6.07, 6.45) is 4.74. The molecule has 25 heavy (non-hydrogen) atoms. The maximum Gasteiger partial charge on any atom is 0.260 e. The van der Waals surface area contributed by atoms with Crippen LogP contribution in [-0.2, 0) is 11.2 Å². The van der Waals surface area contributed by atoms with Crippen LogP contribution in [0.15, 0.2) is 36.7 Å². The third-order valence-electron chi connectivity index (χ3n) is 4.75. The zero-order valence-electron chi connectivity index (χ0n) is 15.0. The summed E-state index contributed by atoms with van der Waals surface area (Å²) < 4.78 is 7.69. The summed E-state index contributed by atoms with van der Waals surface area (Å²) in [6.45, 7) is 5.97. The minimum atomic E-state index is 0.0626. The summed E-state index contributed by atoms with van der Waals surface area (Å²) in [5, 5.41) is 8.30. The molecule has 6 nitrogen and oxygen atoms in total. The highest BCUT2D eigenvalue weighted by Gasteiger charge is 2.24. The number of hydrogen-bond donors (Lipinski definition) is 0. The van der Waals surface area contributed by atoms with Gasteiger partial charge in [0.1, 0.15) is 17.9 Å². The fourth-order valence-electron chi connectivity index (χ4n) is 3.24. The van der Waals surface area contributed by atoms with E-state index >= 15 is 0 Å². The van der Waals surface area contributed by atoms with Crippen LogP contribution in [0.2, 0.25) is 0 Å². The second-order valence-corrected chi connectivity index (χ2v) is 6.88. The summed E-state index contributed by atoms with van der Waals surface area (Å²) in [7, 11) is 0. The number of ether oxygens (including phenoxy) is 1. The fraction of sp³-hybridized carbons (Fsp3) is 0.526. The van der Waals surface area contributed by atoms with E-state index < -0.39 is 0 Å². The fourth-order valence-corrected chi connectivity index (χ4v) is 3.24. The lowest BCUT2D eigenvalue weighted by Crippen LogP contribution is -2.41. The number of aromatic nitrogens is 3. The molecule has 0 aliphatic carbocycles. The second kappa shape index (κ2) is 8.14. The van der Waals surface area contributed by atoms with Crippen LogP contribution in [-0.4, -0.2) is 45.3 Å². The van der Waals surface area contributed by atoms with Crippen molar-refractivity contribution in [2.75, 3.05) is 19.7 Å². The lowest BCUT2D eigenvalue weighted by atomic mass is 9.93. The predicted molar refractivity (Wildman–Crippen MR) is 95.4 cm³/mol. The Bertz CT molecular complexity index is 676. The Hall–Kier alpha value is -2.37. The molecule has 1 aromatic carbocycles. The Morgan fingerprint density at radius 1 is 1.24 bits per heavy atom. The topological polar surface area (TPSA) is 60.2 Å². The molecule has 1 amide bonds. The third kappa shape index (κ3) is 4.59. The van der Waals surface area contributed by atoms with Crippen LogP contribution in [0.4, 0.5) is 0 Å². The van der Waals surface area contributed by atoms with Crippen LogP contribution in [0.5, 0.6) is 5.75 Å². The van der Waals surface area contributed by atoms with Crippen molar-refractivity contribution in [3.05, 3.63) is 42.5 Å². The number of rotatable bonds is 6. The van der Waals surface area contributed by atoms with Crippen molar-refractivity contribution in [2.24, 2.45) is 5.92 Å². The summed E-state index contributed by atoms with van der Waals surface area (Å²) in [5.41, 5.74) is 0. The smallest absolute Gasteiger partial charge is 0.260 e. The molecular weight excluding hydrogens is 316 g/mol. The van der Waals surface area contributed by atoms with Gasteiger partial charge in [0.2, 0.25) is 0 Å². The normalized spacial score (nSPS) is 15.6. The Balaban J connectivity index is 1.45. The van der Waals surface area contributed by atoms with Gasteiger partial charge in [-0.1, -0.05) is 18.2 Å². The standard InChI is InChI=1S/C19H26N4O2/c1-15(2)23-14-20-21-18(23)12-16-8-10-22(11-9-16)19(24)13-25-17-6-4-3-5-7-17/h3-7,14-16H,8-13H2,1-2H3. The first-order valence-corrected chi connectivity index (χ1v) is 8.97. The van der Waals surface area contributed by atoms with Crippen LogP contribution in [0.3, 0.4) is 0 Å². The quantitative estimate of drug-likeness (QED) is 0.810. The molecule has 0 unspecified atom stereocenters. The van der Waals surface area contributed by atoms with Gasteiger partial charge in [0.05, 0.1) is 0 Å². The summed E-state index contributed by atoms with van der Waals surface area (Å²) >= 11 is 0. The van der Waals surface area contributed by atoms with Gasteiger partial charge in [-0.05, 0) is 44.7 Å². The van der Waals surface area contributed by atoms with Gasteiger partial charge in [0, 0.05) is 25.6 Å². The maximum atomic E-state index is 12.3. The first-order valence-electron chi connectivity index (χ1n) is 8.97. The van der Waals surface area contributed by atoms with Crippen molar-refractivity contribution in [3.8, 4) is 5.75 Å². The lowest BCUT2D eigenvalue weighted by Gasteiger charge is -2.32. The first-order chi connectivity index (χ1) is 12.1. The minimum absolute atomic E-state index is 0.0626. The monoisotopic (exact) mass is 342 g/mol. The SMILES string of the molecule is CC(C)n1cnnc1CC1CCN(C(=O)COc2ccccc2)CC1. The first kappa shape index (κ1) is 17.5. The number of piperidine rings is 1. The molecule has 2 aromatic rings. The van der Waals surface area contributed by atoms with Crippen LogP contribution < -0.4 is 4.74 Å². The molecule has 1 fully saturated rings. The number of para-hydroxylation sites is 1. The predicted octanol–water partition coefficient (Wildman–Crippen LogP) is 2.72. The molecule has 0 bridgehead atoms. The highest BCUT2D eigenvalue weighted by atomic mass is 16.5. The van der Waals surface area contributed by atoms with E-state index in [0.717, 1.165) is 43.9 Å². The van der Waals surface area contributed by atoms with E-state index in [-0.39, 0.29) is 12.5 Å². The molecule has 1 aliphatic rings. The number of hydrogen-bond acceptors (Lipinski definition) is 4. The van der Waals surface area contributed by atoms with E-state index in [4.69, 9.17) is 4.74 Å². The molecule has 0 saturated carbocycles. The van der Waals surface area contributed by atoms with E-state index in [9.17, 15) is 4.79 Å². The van der Waals surface area contributed by atoms with Gasteiger partial charge in [0.15, 0.2) is 6.61 Å². The van der Waals surface area contributed by atoms with Gasteiger partial charge in [0.25, 0.3) is 5.91 Å². The third-order valence-corrected chi connectivity index (χ3v) is 4.75. The molecule has 2 heterocycles. The van der Waals surface area contributed by atoms with Crippen LogP contribution in [0.1, 0.15) is 38.6 Å². The van der Waals surface area contributed by atoms with Crippen LogP contribution >= 0.6 is 0 Å². The van der Waals surface area contributed by atoms with Gasteiger partial charge in [-0.2, -0.15) is 0 Å². The number of amides is 1. The van der Waals surface area contributed by atoms with Gasteiger partial charge in [-0.25, -0.2) is 0 Å². The van der Waals surface area contributed by atoms with Gasteiger partial charge >= 0.3 is 0 Å². The van der Waals surface area contributed by atoms with Gasteiger partial charge < -0.3 is 14.2 Å². The van der Waals surface area contributed by atoms with E-state index in [0.29, 0.717) is 12.0 Å². The maximum absolute atomic E-state index is 12.3. The number of carbonyl (C=O) groups is 1. The molecule has 1 saturated heterocycles. The molecule has 0 spiro atoms. The molecule has 0 radical (unpaired) electrons. The molecule has 0 atom stereocenters. The van der Waals surface area contributed by atoms with Crippen molar-refractivity contribution in [2.45, 2.75) is 39.2 Å². The second-order valence-electron chi connectivity index (χ2n) is 6.88. The number of benzene rings is 1. The largest absolute Gasteiger partial charge is 0.484 e. The zero-order chi connectivity index (χ0) is 17.6. The highest BCUT2D eigenvalue weighted by molar-refractivity contribution is 5.77. The van der Waals surface area contributed by atoms with Crippen molar-refractivity contribution >= 4 is 5.91 Å². The van der Waals surface area contributed by atoms with E-state index in [2.05, 4.69) is 28.6 Å². The summed E-state index contributed by atoms with van der Waals surface area (Å²) in [4.78, 5) is 14.2. The van der Waals surface area contributed by atoms with Crippen molar-refractivity contribution in [1.29, 1.82) is 0 Å². The van der Waals surface area contributed by atoms with Crippen LogP contribution in [0.25, 0.3) is 0 Å². The molecule has 3 rings (SSSR count). The average molecular weight is 342 g/mol. The molecule has 6 heteroatoms. The Labute approximate surface area is 148 Å². The number of carbonyl (C=O) groups excluding carboxylic acids is 1. The van der Waals surface area contributed by atoms with Crippen LogP contribution in [0, 0.1) is 5.92 Å². The average Bonchev–Trinajstić information content (AvgIpc) is 3.09. The van der Waals surface area contributed by atoms with Crippen molar-refractivity contribution < 1.29 is 9.53 Å². The van der Waals surface area contributed by atoms with E-state index in [1.807, 2.05) is 35.2 Å². The summed E-state index contributed by atoms with van der Waals surface area (Å²) in [5.74, 6) is 2.40. The molecule has 1 aliphatic heterocycles. The number of likely N-dealkylation sites (tertiary alicyclic amines) is 1. The van der Waals surface area contributed by atoms with E-state index in [1.165, 1.54) is 0 Å². The Morgan fingerprint density at radius 2 is 1.96 bits per heavy atom. The number of nitrogens with zero attached hydrogens (tertiary/aromatic N) is 4. The van der Waals surface area contributed by atoms with Gasteiger partial charge in [-0.15, -0.1) is 10.2 Å². The Morgan fingerprint density at radius 3 is 2.64 bits per heavy atom. The van der Waals surface area contributed by atoms with Gasteiger partial charge in [-0.3, -0.25) is 4.79 Å². The molecule has 1 aromatic heterocycles. The van der Waals surface area contributed by atoms with E-state index in [1.54, 1.807) is 6.33 Å². The molecule has 134 valence electrons.